The van der Waals surface area contributed by atoms with Crippen molar-refractivity contribution >= 4 is 34.6 Å². The van der Waals surface area contributed by atoms with Gasteiger partial charge in [0.25, 0.3) is 5.91 Å². The first kappa shape index (κ1) is 18.4. The molecule has 4 N–H and O–H groups in total. The van der Waals surface area contributed by atoms with E-state index >= 15 is 0 Å². The number of carbonyl (C=O) groups is 1. The Labute approximate surface area is 148 Å². The first-order valence-corrected chi connectivity index (χ1v) is 7.63. The van der Waals surface area contributed by atoms with Gasteiger partial charge in [0.1, 0.15) is 5.75 Å². The number of hydrogen-bond donors (Lipinski definition) is 4. The number of nitrogens with one attached hydrogen (secondary N) is 4. The number of hydrogen-bond acceptors (Lipinski definition) is 4. The van der Waals surface area contributed by atoms with Crippen molar-refractivity contribution in [1.82, 2.24) is 10.9 Å². The molecule has 0 atom stereocenters. The number of anilines is 2. The van der Waals surface area contributed by atoms with Crippen LogP contribution < -0.4 is 26.2 Å². The number of halogens is 2. The van der Waals surface area contributed by atoms with Crippen LogP contribution in [0.1, 0.15) is 0 Å². The summed E-state index contributed by atoms with van der Waals surface area (Å²) in [7, 11) is 0. The topological polar surface area (TPSA) is 74.4 Å². The molecule has 2 rings (SSSR count). The predicted octanol–water partition coefficient (Wildman–Crippen LogP) is 2.72. The number of ether oxygens (including phenoxy) is 1. The van der Waals surface area contributed by atoms with Crippen LogP contribution in [0.5, 0.6) is 5.75 Å². The largest absolute Gasteiger partial charge is 0.435 e. The number of amides is 1. The van der Waals surface area contributed by atoms with Crippen LogP contribution in [0.25, 0.3) is 0 Å². The molecule has 6 nitrogen and oxygen atoms in total. The van der Waals surface area contributed by atoms with Crippen molar-refractivity contribution in [3.8, 4) is 5.75 Å². The van der Waals surface area contributed by atoms with Gasteiger partial charge in [0.15, 0.2) is 5.11 Å². The number of benzene rings is 2. The van der Waals surface area contributed by atoms with Gasteiger partial charge in [-0.25, -0.2) is 0 Å². The van der Waals surface area contributed by atoms with Gasteiger partial charge in [-0.05, 0) is 48.6 Å². The lowest BCUT2D eigenvalue weighted by atomic mass is 10.3. The number of alkyl halides is 2. The molecule has 0 saturated heterocycles. The van der Waals surface area contributed by atoms with E-state index in [-0.39, 0.29) is 23.3 Å². The van der Waals surface area contributed by atoms with Crippen LogP contribution in [-0.4, -0.2) is 24.2 Å². The summed E-state index contributed by atoms with van der Waals surface area (Å²) in [5.41, 5.74) is 6.35. The van der Waals surface area contributed by atoms with Gasteiger partial charge in [0, 0.05) is 11.4 Å². The molecule has 0 aliphatic heterocycles. The Bertz CT molecular complexity index is 699. The lowest BCUT2D eigenvalue weighted by Gasteiger charge is -2.12. The molecule has 0 aliphatic carbocycles. The molecule has 0 unspecified atom stereocenters. The fourth-order valence-electron chi connectivity index (χ4n) is 1.79. The van der Waals surface area contributed by atoms with Crippen LogP contribution in [0.3, 0.4) is 0 Å². The summed E-state index contributed by atoms with van der Waals surface area (Å²) in [5.74, 6) is -0.270. The van der Waals surface area contributed by atoms with Crippen LogP contribution in [0.2, 0.25) is 0 Å². The van der Waals surface area contributed by atoms with Gasteiger partial charge in [-0.3, -0.25) is 15.6 Å². The van der Waals surface area contributed by atoms with E-state index in [1.807, 2.05) is 30.3 Å². The average Bonchev–Trinajstić information content (AvgIpc) is 2.60. The Balaban J connectivity index is 1.70. The molecule has 9 heteroatoms. The van der Waals surface area contributed by atoms with Gasteiger partial charge in [-0.1, -0.05) is 18.2 Å². The van der Waals surface area contributed by atoms with Crippen molar-refractivity contribution in [2.24, 2.45) is 0 Å². The molecule has 0 fully saturated rings. The highest BCUT2D eigenvalue weighted by Crippen LogP contribution is 2.17. The zero-order valence-electron chi connectivity index (χ0n) is 13.0. The highest BCUT2D eigenvalue weighted by atomic mass is 32.1. The second-order valence-electron chi connectivity index (χ2n) is 4.75. The summed E-state index contributed by atoms with van der Waals surface area (Å²) in [5, 5.41) is 5.89. The zero-order chi connectivity index (χ0) is 18.1. The molecule has 0 spiro atoms. The molecule has 2 aromatic rings. The van der Waals surface area contributed by atoms with Crippen molar-refractivity contribution < 1.29 is 18.3 Å². The minimum atomic E-state index is -2.87. The molecule has 0 aromatic heterocycles. The summed E-state index contributed by atoms with van der Waals surface area (Å²) in [6.45, 7) is -2.81. The van der Waals surface area contributed by atoms with Crippen molar-refractivity contribution in [2.45, 2.75) is 6.61 Å². The lowest BCUT2D eigenvalue weighted by molar-refractivity contribution is -0.119. The van der Waals surface area contributed by atoms with E-state index in [2.05, 4.69) is 26.2 Å². The summed E-state index contributed by atoms with van der Waals surface area (Å²) in [6, 6.07) is 15.1. The van der Waals surface area contributed by atoms with Crippen LogP contribution in [-0.2, 0) is 4.79 Å². The molecule has 0 heterocycles. The van der Waals surface area contributed by atoms with Crippen molar-refractivity contribution in [2.75, 3.05) is 17.2 Å². The number of hydrazine groups is 1. The second kappa shape index (κ2) is 9.38. The summed E-state index contributed by atoms with van der Waals surface area (Å²) >= 11 is 5.03. The maximum Gasteiger partial charge on any atom is 0.387 e. The standard InChI is InChI=1S/C16H16F2N4O2S/c17-15(18)24-13-8-6-12(7-9-13)20-16(25)22-21-14(23)10-19-11-4-2-1-3-5-11/h1-9,15,19H,10H2,(H,21,23)(H2,20,22,25). The van der Waals surface area contributed by atoms with Crippen molar-refractivity contribution in [3.63, 3.8) is 0 Å². The number of carbonyl (C=O) groups excluding carboxylic acids is 1. The third kappa shape index (κ3) is 7.00. The van der Waals surface area contributed by atoms with E-state index in [0.717, 1.165) is 5.69 Å². The van der Waals surface area contributed by atoms with Gasteiger partial charge in [0.05, 0.1) is 6.54 Å². The van der Waals surface area contributed by atoms with Gasteiger partial charge < -0.3 is 15.4 Å². The fraction of sp³-hybridized carbons (Fsp3) is 0.125. The Kier molecular flexibility index (Phi) is 6.90. The minimum Gasteiger partial charge on any atom is -0.435 e. The Morgan fingerprint density at radius 1 is 1.00 bits per heavy atom. The number of thiocarbonyl (C=S) groups is 1. The summed E-state index contributed by atoms with van der Waals surface area (Å²) in [4.78, 5) is 11.7. The Hall–Kier alpha value is -2.94. The highest BCUT2D eigenvalue weighted by molar-refractivity contribution is 7.80. The molecule has 0 saturated carbocycles. The van der Waals surface area contributed by atoms with E-state index in [4.69, 9.17) is 12.2 Å². The fourth-order valence-corrected chi connectivity index (χ4v) is 1.96. The average molecular weight is 366 g/mol. The van der Waals surface area contributed by atoms with E-state index < -0.39 is 6.61 Å². The molecule has 0 bridgehead atoms. The Morgan fingerprint density at radius 2 is 1.68 bits per heavy atom. The van der Waals surface area contributed by atoms with E-state index in [0.29, 0.717) is 5.69 Å². The van der Waals surface area contributed by atoms with Crippen LogP contribution in [0.4, 0.5) is 20.2 Å². The zero-order valence-corrected chi connectivity index (χ0v) is 13.8. The molecule has 2 aromatic carbocycles. The third-order valence-electron chi connectivity index (χ3n) is 2.88. The first-order valence-electron chi connectivity index (χ1n) is 7.22. The molecule has 132 valence electrons. The molecule has 1 amide bonds. The minimum absolute atomic E-state index is 0.0414. The maximum atomic E-state index is 12.1. The molecule has 0 radical (unpaired) electrons. The Morgan fingerprint density at radius 3 is 2.32 bits per heavy atom. The smallest absolute Gasteiger partial charge is 0.387 e. The molecular formula is C16H16F2N4O2S. The molecule has 25 heavy (non-hydrogen) atoms. The van der Waals surface area contributed by atoms with Crippen LogP contribution in [0.15, 0.2) is 54.6 Å². The van der Waals surface area contributed by atoms with Crippen LogP contribution >= 0.6 is 12.2 Å². The number of rotatable bonds is 6. The van der Waals surface area contributed by atoms with Gasteiger partial charge in [-0.2, -0.15) is 8.78 Å². The molecular weight excluding hydrogens is 350 g/mol. The predicted molar refractivity (Wildman–Crippen MR) is 95.5 cm³/mol. The van der Waals surface area contributed by atoms with Gasteiger partial charge in [0.2, 0.25) is 0 Å². The van der Waals surface area contributed by atoms with Crippen molar-refractivity contribution in [3.05, 3.63) is 54.6 Å². The van der Waals surface area contributed by atoms with E-state index in [9.17, 15) is 13.6 Å². The third-order valence-corrected chi connectivity index (χ3v) is 3.08. The van der Waals surface area contributed by atoms with Gasteiger partial charge >= 0.3 is 6.61 Å². The normalized spacial score (nSPS) is 10.0. The monoisotopic (exact) mass is 366 g/mol. The lowest BCUT2D eigenvalue weighted by Crippen LogP contribution is -2.45. The molecule has 0 aliphatic rings. The van der Waals surface area contributed by atoms with E-state index in [1.54, 1.807) is 0 Å². The SMILES string of the molecule is O=C(CNc1ccccc1)NNC(=S)Nc1ccc(OC(F)F)cc1. The summed E-state index contributed by atoms with van der Waals surface area (Å²) < 4.78 is 28.4. The maximum absolute atomic E-state index is 12.1. The second-order valence-corrected chi connectivity index (χ2v) is 5.16. The van der Waals surface area contributed by atoms with Crippen LogP contribution in [0, 0.1) is 0 Å². The van der Waals surface area contributed by atoms with Gasteiger partial charge in [-0.15, -0.1) is 0 Å². The van der Waals surface area contributed by atoms with E-state index in [1.165, 1.54) is 24.3 Å². The highest BCUT2D eigenvalue weighted by Gasteiger charge is 2.05. The number of para-hydroxylation sites is 1. The quantitative estimate of drug-likeness (QED) is 0.465. The summed E-state index contributed by atoms with van der Waals surface area (Å²) in [6.07, 6.45) is 0. The van der Waals surface area contributed by atoms with Crippen molar-refractivity contribution in [1.29, 1.82) is 0 Å². The first-order chi connectivity index (χ1) is 12.0.